The van der Waals surface area contributed by atoms with Crippen molar-refractivity contribution >= 4 is 43.4 Å². The van der Waals surface area contributed by atoms with E-state index in [0.717, 1.165) is 18.2 Å². The van der Waals surface area contributed by atoms with E-state index in [9.17, 15) is 13.2 Å². The van der Waals surface area contributed by atoms with E-state index in [1.165, 1.54) is 38.9 Å². The Bertz CT molecular complexity index is 952. The lowest BCUT2D eigenvalue weighted by Gasteiger charge is -2.26. The van der Waals surface area contributed by atoms with Crippen molar-refractivity contribution in [2.24, 2.45) is 0 Å². The molecule has 1 saturated heterocycles. The van der Waals surface area contributed by atoms with E-state index in [-0.39, 0.29) is 11.9 Å². The van der Waals surface area contributed by atoms with Crippen LogP contribution in [0, 0.1) is 0 Å². The highest BCUT2D eigenvalue weighted by Gasteiger charge is 2.37. The normalized spacial score (nSPS) is 18.7. The SMILES string of the molecule is CN(C)C(=O)c1sc2nc(C3CCCN3S(=O)(=O)N(C)C)ccc2c1N. The number of fused-ring (bicyclic) bond motifs is 1. The van der Waals surface area contributed by atoms with Gasteiger partial charge in [0.2, 0.25) is 0 Å². The molecule has 0 bridgehead atoms. The van der Waals surface area contributed by atoms with Crippen molar-refractivity contribution in [3.8, 4) is 0 Å². The Morgan fingerprint density at radius 2 is 2.00 bits per heavy atom. The van der Waals surface area contributed by atoms with Crippen LogP contribution in [0.5, 0.6) is 0 Å². The Morgan fingerprint density at radius 3 is 2.62 bits per heavy atom. The standard InChI is InChI=1S/C16H23N5O3S2/c1-19(2)16(22)14-13(17)10-7-8-11(18-15(10)25-14)12-6-5-9-21(12)26(23,24)20(3)4/h7-8,12H,5-6,9,17H2,1-4H3. The third kappa shape index (κ3) is 3.07. The number of nitrogen functional groups attached to an aromatic ring is 1. The van der Waals surface area contributed by atoms with E-state index in [0.29, 0.717) is 27.6 Å². The van der Waals surface area contributed by atoms with Gasteiger partial charge in [-0.15, -0.1) is 11.3 Å². The maximum absolute atomic E-state index is 12.6. The maximum Gasteiger partial charge on any atom is 0.282 e. The molecule has 26 heavy (non-hydrogen) atoms. The number of hydrogen-bond acceptors (Lipinski definition) is 6. The van der Waals surface area contributed by atoms with Gasteiger partial charge in [-0.1, -0.05) is 0 Å². The molecule has 0 saturated carbocycles. The molecule has 1 aliphatic heterocycles. The van der Waals surface area contributed by atoms with Crippen molar-refractivity contribution in [2.45, 2.75) is 18.9 Å². The number of anilines is 1. The smallest absolute Gasteiger partial charge is 0.282 e. The van der Waals surface area contributed by atoms with E-state index in [2.05, 4.69) is 4.98 Å². The van der Waals surface area contributed by atoms with Crippen LogP contribution in [0.25, 0.3) is 10.2 Å². The fourth-order valence-electron chi connectivity index (χ4n) is 3.08. The summed E-state index contributed by atoms with van der Waals surface area (Å²) in [4.78, 5) is 19.5. The highest BCUT2D eigenvalue weighted by atomic mass is 32.2. The van der Waals surface area contributed by atoms with Gasteiger partial charge >= 0.3 is 0 Å². The van der Waals surface area contributed by atoms with Crippen molar-refractivity contribution in [1.29, 1.82) is 0 Å². The molecule has 1 aliphatic rings. The summed E-state index contributed by atoms with van der Waals surface area (Å²) < 4.78 is 27.8. The highest BCUT2D eigenvalue weighted by Crippen LogP contribution is 2.38. The van der Waals surface area contributed by atoms with Gasteiger partial charge in [0.15, 0.2) is 0 Å². The molecule has 1 fully saturated rings. The number of thiophene rings is 1. The number of carbonyl (C=O) groups is 1. The summed E-state index contributed by atoms with van der Waals surface area (Å²) in [6.45, 7) is 0.474. The Morgan fingerprint density at radius 1 is 1.31 bits per heavy atom. The molecule has 3 heterocycles. The molecule has 0 aromatic carbocycles. The number of amides is 1. The largest absolute Gasteiger partial charge is 0.397 e. The van der Waals surface area contributed by atoms with Crippen LogP contribution in [0.2, 0.25) is 0 Å². The van der Waals surface area contributed by atoms with Crippen LogP contribution in [-0.4, -0.2) is 67.6 Å². The lowest BCUT2D eigenvalue weighted by molar-refractivity contribution is 0.0833. The van der Waals surface area contributed by atoms with Crippen LogP contribution in [0.1, 0.15) is 34.2 Å². The maximum atomic E-state index is 12.6. The lowest BCUT2D eigenvalue weighted by Crippen LogP contribution is -2.39. The second kappa shape index (κ2) is 6.76. The predicted octanol–water partition coefficient (Wildman–Crippen LogP) is 1.52. The molecule has 3 rings (SSSR count). The predicted molar refractivity (Wildman–Crippen MR) is 103 cm³/mol. The Labute approximate surface area is 157 Å². The Kier molecular flexibility index (Phi) is 4.95. The van der Waals surface area contributed by atoms with Crippen molar-refractivity contribution in [3.05, 3.63) is 22.7 Å². The van der Waals surface area contributed by atoms with Crippen molar-refractivity contribution in [3.63, 3.8) is 0 Å². The molecule has 2 aromatic rings. The summed E-state index contributed by atoms with van der Waals surface area (Å²) in [6, 6.07) is 3.33. The number of aromatic nitrogens is 1. The van der Waals surface area contributed by atoms with E-state index >= 15 is 0 Å². The van der Waals surface area contributed by atoms with Crippen LogP contribution < -0.4 is 5.73 Å². The summed E-state index contributed by atoms with van der Waals surface area (Å²) in [7, 11) is 2.89. The van der Waals surface area contributed by atoms with Gasteiger partial charge in [0.1, 0.15) is 9.71 Å². The molecule has 2 aromatic heterocycles. The van der Waals surface area contributed by atoms with Gasteiger partial charge in [-0.05, 0) is 25.0 Å². The van der Waals surface area contributed by atoms with Crippen LogP contribution in [0.3, 0.4) is 0 Å². The fourth-order valence-corrected chi connectivity index (χ4v) is 5.52. The summed E-state index contributed by atoms with van der Waals surface area (Å²) in [5, 5.41) is 0.726. The molecule has 0 radical (unpaired) electrons. The molecule has 10 heteroatoms. The quantitative estimate of drug-likeness (QED) is 0.843. The van der Waals surface area contributed by atoms with Gasteiger partial charge in [-0.3, -0.25) is 4.79 Å². The van der Waals surface area contributed by atoms with Crippen LogP contribution in [0.15, 0.2) is 12.1 Å². The summed E-state index contributed by atoms with van der Waals surface area (Å²) >= 11 is 1.24. The third-order valence-electron chi connectivity index (χ3n) is 4.52. The Hall–Kier alpha value is -1.75. The van der Waals surface area contributed by atoms with E-state index in [4.69, 9.17) is 5.73 Å². The first-order chi connectivity index (χ1) is 12.1. The molecular weight excluding hydrogens is 374 g/mol. The van der Waals surface area contributed by atoms with Crippen molar-refractivity contribution in [1.82, 2.24) is 18.5 Å². The number of hydrogen-bond donors (Lipinski definition) is 1. The summed E-state index contributed by atoms with van der Waals surface area (Å²) in [5.41, 5.74) is 7.24. The van der Waals surface area contributed by atoms with E-state index in [1.54, 1.807) is 14.1 Å². The van der Waals surface area contributed by atoms with Gasteiger partial charge < -0.3 is 10.6 Å². The highest BCUT2D eigenvalue weighted by molar-refractivity contribution is 7.86. The van der Waals surface area contributed by atoms with Crippen molar-refractivity contribution in [2.75, 3.05) is 40.5 Å². The first-order valence-corrected chi connectivity index (χ1v) is 10.5. The zero-order valence-electron chi connectivity index (χ0n) is 15.3. The first kappa shape index (κ1) is 19.0. The number of carbonyl (C=O) groups excluding carboxylic acids is 1. The third-order valence-corrected chi connectivity index (χ3v) is 7.57. The van der Waals surface area contributed by atoms with Crippen LogP contribution >= 0.6 is 11.3 Å². The zero-order chi connectivity index (χ0) is 19.2. The van der Waals surface area contributed by atoms with Gasteiger partial charge in [-0.25, -0.2) is 4.98 Å². The Balaban J connectivity index is 2.03. The number of pyridine rings is 1. The minimum absolute atomic E-state index is 0.162. The lowest BCUT2D eigenvalue weighted by atomic mass is 10.1. The molecule has 142 valence electrons. The minimum Gasteiger partial charge on any atom is -0.397 e. The van der Waals surface area contributed by atoms with Crippen LogP contribution in [-0.2, 0) is 10.2 Å². The molecule has 1 amide bonds. The molecule has 0 spiro atoms. The molecule has 0 aliphatic carbocycles. The number of nitrogens with zero attached hydrogens (tertiary/aromatic N) is 4. The molecular formula is C16H23N5O3S2. The van der Waals surface area contributed by atoms with Gasteiger partial charge in [0.25, 0.3) is 16.1 Å². The van der Waals surface area contributed by atoms with E-state index < -0.39 is 10.2 Å². The number of rotatable bonds is 4. The molecule has 8 nitrogen and oxygen atoms in total. The fraction of sp³-hybridized carbons (Fsp3) is 0.500. The zero-order valence-corrected chi connectivity index (χ0v) is 16.9. The average Bonchev–Trinajstić information content (AvgIpc) is 3.19. The first-order valence-electron chi connectivity index (χ1n) is 8.24. The number of nitrogens with two attached hydrogens (primary N) is 1. The van der Waals surface area contributed by atoms with Gasteiger partial charge in [-0.2, -0.15) is 17.0 Å². The average molecular weight is 398 g/mol. The molecule has 1 unspecified atom stereocenters. The molecule has 2 N–H and O–H groups in total. The van der Waals surface area contributed by atoms with E-state index in [1.807, 2.05) is 12.1 Å². The monoisotopic (exact) mass is 397 g/mol. The second-order valence-corrected chi connectivity index (χ2v) is 9.79. The summed E-state index contributed by atoms with van der Waals surface area (Å²) in [5.74, 6) is -0.162. The second-order valence-electron chi connectivity index (χ2n) is 6.69. The minimum atomic E-state index is -3.51. The summed E-state index contributed by atoms with van der Waals surface area (Å²) in [6.07, 6.45) is 1.50. The van der Waals surface area contributed by atoms with Gasteiger partial charge in [0.05, 0.1) is 17.4 Å². The topological polar surface area (TPSA) is 99.8 Å². The van der Waals surface area contributed by atoms with Crippen LogP contribution in [0.4, 0.5) is 5.69 Å². The molecule has 1 atom stereocenters. The van der Waals surface area contributed by atoms with Gasteiger partial charge in [0, 0.05) is 40.1 Å². The van der Waals surface area contributed by atoms with Crippen molar-refractivity contribution < 1.29 is 13.2 Å².